The summed E-state index contributed by atoms with van der Waals surface area (Å²) < 4.78 is 0. The Hall–Kier alpha value is -0.530. The monoisotopic (exact) mass is 180 g/mol. The van der Waals surface area contributed by atoms with E-state index in [0.29, 0.717) is 0 Å². The largest absolute Gasteiger partial charge is 0.394 e. The van der Waals surface area contributed by atoms with Crippen LogP contribution >= 0.6 is 0 Å². The molecule has 0 radical (unpaired) electrons. The third-order valence-electron chi connectivity index (χ3n) is 1.42. The normalized spacial score (nSPS) is 21.1. The summed E-state index contributed by atoms with van der Waals surface area (Å²) in [5.74, 6) is 0. The van der Waals surface area contributed by atoms with E-state index in [9.17, 15) is 4.79 Å². The SMILES string of the molecule is O=C[C@H](O)C(O)[C@@H](O)C(O)CO. The van der Waals surface area contributed by atoms with Gasteiger partial charge in [0.25, 0.3) is 0 Å². The van der Waals surface area contributed by atoms with Gasteiger partial charge in [-0.15, -0.1) is 0 Å². The van der Waals surface area contributed by atoms with E-state index in [1.54, 1.807) is 0 Å². The smallest absolute Gasteiger partial charge is 0.151 e. The molecule has 2 unspecified atom stereocenters. The zero-order chi connectivity index (χ0) is 9.72. The number of rotatable bonds is 5. The topological polar surface area (TPSA) is 118 Å². The molecular weight excluding hydrogens is 168 g/mol. The van der Waals surface area contributed by atoms with Gasteiger partial charge in [-0.25, -0.2) is 0 Å². The maximum Gasteiger partial charge on any atom is 0.151 e. The van der Waals surface area contributed by atoms with Crippen molar-refractivity contribution in [2.24, 2.45) is 0 Å². The molecule has 0 aliphatic rings. The molecule has 0 saturated heterocycles. The quantitative estimate of drug-likeness (QED) is 0.282. The lowest BCUT2D eigenvalue weighted by molar-refractivity contribution is -0.136. The Morgan fingerprint density at radius 2 is 1.58 bits per heavy atom. The second-order valence-corrected chi connectivity index (χ2v) is 2.36. The van der Waals surface area contributed by atoms with E-state index in [-0.39, 0.29) is 6.29 Å². The summed E-state index contributed by atoms with van der Waals surface area (Å²) in [7, 11) is 0. The first-order valence-electron chi connectivity index (χ1n) is 3.33. The van der Waals surface area contributed by atoms with Gasteiger partial charge in [-0.3, -0.25) is 0 Å². The molecule has 0 heterocycles. The second-order valence-electron chi connectivity index (χ2n) is 2.36. The summed E-state index contributed by atoms with van der Waals surface area (Å²) >= 11 is 0. The summed E-state index contributed by atoms with van der Waals surface area (Å²) in [5, 5.41) is 43.5. The predicted octanol–water partition coefficient (Wildman–Crippen LogP) is -3.38. The second kappa shape index (κ2) is 5.18. The molecule has 72 valence electrons. The number of carbonyl (C=O) groups is 1. The van der Waals surface area contributed by atoms with E-state index >= 15 is 0 Å². The maximum absolute atomic E-state index is 9.90. The van der Waals surface area contributed by atoms with Gasteiger partial charge >= 0.3 is 0 Å². The standard InChI is InChI=1S/C6H12O6/c7-1-3(9)5(11)6(12)4(10)2-8/h1,3-6,8-12H,2H2/t3-,4?,5?,6-/m0/s1. The third-order valence-corrected chi connectivity index (χ3v) is 1.42. The zero-order valence-corrected chi connectivity index (χ0v) is 6.24. The number of aldehydes is 1. The maximum atomic E-state index is 9.90. The average Bonchev–Trinajstić information content (AvgIpc) is 2.12. The first kappa shape index (κ1) is 11.5. The fraction of sp³-hybridized carbons (Fsp3) is 0.833. The van der Waals surface area contributed by atoms with Crippen molar-refractivity contribution < 1.29 is 30.3 Å². The van der Waals surface area contributed by atoms with Crippen LogP contribution in [0, 0.1) is 0 Å². The van der Waals surface area contributed by atoms with Crippen molar-refractivity contribution in [1.82, 2.24) is 0 Å². The number of aliphatic hydroxyl groups excluding tert-OH is 5. The molecule has 0 rings (SSSR count). The van der Waals surface area contributed by atoms with Crippen molar-refractivity contribution in [3.63, 3.8) is 0 Å². The van der Waals surface area contributed by atoms with Crippen LogP contribution in [0.25, 0.3) is 0 Å². The molecule has 4 atom stereocenters. The molecular formula is C6H12O6. The Morgan fingerprint density at radius 1 is 1.08 bits per heavy atom. The van der Waals surface area contributed by atoms with Gasteiger partial charge in [0, 0.05) is 0 Å². The Morgan fingerprint density at radius 3 is 1.92 bits per heavy atom. The van der Waals surface area contributed by atoms with Crippen molar-refractivity contribution in [2.75, 3.05) is 6.61 Å². The van der Waals surface area contributed by atoms with Gasteiger partial charge in [0.1, 0.15) is 24.4 Å². The lowest BCUT2D eigenvalue weighted by atomic mass is 10.0. The molecule has 6 heteroatoms. The van der Waals surface area contributed by atoms with Gasteiger partial charge in [-0.1, -0.05) is 0 Å². The number of carbonyl (C=O) groups excluding carboxylic acids is 1. The number of aliphatic hydroxyl groups is 5. The number of hydrogen-bond acceptors (Lipinski definition) is 6. The molecule has 12 heavy (non-hydrogen) atoms. The lowest BCUT2D eigenvalue weighted by Crippen LogP contribution is -2.46. The van der Waals surface area contributed by atoms with Crippen LogP contribution in [0.3, 0.4) is 0 Å². The fourth-order valence-electron chi connectivity index (χ4n) is 0.618. The van der Waals surface area contributed by atoms with Crippen molar-refractivity contribution >= 4 is 6.29 Å². The molecule has 0 amide bonds. The minimum atomic E-state index is -1.79. The minimum absolute atomic E-state index is 0.0258. The van der Waals surface area contributed by atoms with Crippen LogP contribution in [0.15, 0.2) is 0 Å². The molecule has 5 N–H and O–H groups in total. The molecule has 0 aromatic carbocycles. The Bertz CT molecular complexity index is 138. The van der Waals surface area contributed by atoms with Crippen molar-refractivity contribution in [2.45, 2.75) is 24.4 Å². The van der Waals surface area contributed by atoms with Crippen LogP contribution in [-0.2, 0) is 4.79 Å². The lowest BCUT2D eigenvalue weighted by Gasteiger charge is -2.22. The van der Waals surface area contributed by atoms with E-state index in [1.807, 2.05) is 0 Å². The van der Waals surface area contributed by atoms with Crippen LogP contribution in [0.4, 0.5) is 0 Å². The van der Waals surface area contributed by atoms with E-state index in [2.05, 4.69) is 0 Å². The van der Waals surface area contributed by atoms with Crippen molar-refractivity contribution in [3.8, 4) is 0 Å². The first-order valence-corrected chi connectivity index (χ1v) is 3.33. The molecule has 0 fully saturated rings. The summed E-state index contributed by atoms with van der Waals surface area (Å²) in [4.78, 5) is 9.90. The fourth-order valence-corrected chi connectivity index (χ4v) is 0.618. The van der Waals surface area contributed by atoms with Gasteiger partial charge < -0.3 is 30.3 Å². The molecule has 0 aromatic rings. The van der Waals surface area contributed by atoms with E-state index in [1.165, 1.54) is 0 Å². The molecule has 0 saturated carbocycles. The highest BCUT2D eigenvalue weighted by Crippen LogP contribution is 2.02. The van der Waals surface area contributed by atoms with E-state index in [4.69, 9.17) is 25.5 Å². The molecule has 6 nitrogen and oxygen atoms in total. The minimum Gasteiger partial charge on any atom is -0.394 e. The Balaban J connectivity index is 4.07. The van der Waals surface area contributed by atoms with Crippen LogP contribution in [0.2, 0.25) is 0 Å². The van der Waals surface area contributed by atoms with Gasteiger partial charge in [0.15, 0.2) is 6.29 Å². The highest BCUT2D eigenvalue weighted by Gasteiger charge is 2.29. The van der Waals surface area contributed by atoms with Crippen LogP contribution < -0.4 is 0 Å². The summed E-state index contributed by atoms with van der Waals surface area (Å²) in [5.41, 5.74) is 0. The van der Waals surface area contributed by atoms with Crippen molar-refractivity contribution in [3.05, 3.63) is 0 Å². The average molecular weight is 180 g/mol. The molecule has 0 aliphatic carbocycles. The third kappa shape index (κ3) is 2.84. The predicted molar refractivity (Wildman–Crippen MR) is 37.2 cm³/mol. The van der Waals surface area contributed by atoms with Gasteiger partial charge in [-0.2, -0.15) is 0 Å². The van der Waals surface area contributed by atoms with E-state index < -0.39 is 31.0 Å². The van der Waals surface area contributed by atoms with Crippen LogP contribution in [0.5, 0.6) is 0 Å². The molecule has 0 bridgehead atoms. The Kier molecular flexibility index (Phi) is 4.95. The van der Waals surface area contributed by atoms with Crippen LogP contribution in [-0.4, -0.2) is 62.8 Å². The van der Waals surface area contributed by atoms with Gasteiger partial charge in [0.05, 0.1) is 6.61 Å². The van der Waals surface area contributed by atoms with Crippen molar-refractivity contribution in [1.29, 1.82) is 0 Å². The summed E-state index contributed by atoms with van der Waals surface area (Å²) in [6.45, 7) is -0.760. The summed E-state index contributed by atoms with van der Waals surface area (Å²) in [6, 6.07) is 0. The first-order chi connectivity index (χ1) is 5.54. The molecule has 0 spiro atoms. The highest BCUT2D eigenvalue weighted by atomic mass is 16.4. The van der Waals surface area contributed by atoms with Gasteiger partial charge in [0.2, 0.25) is 0 Å². The number of hydrogen-bond donors (Lipinski definition) is 5. The Labute approximate surface area is 68.7 Å². The van der Waals surface area contributed by atoms with E-state index in [0.717, 1.165) is 0 Å². The summed E-state index contributed by atoms with van der Waals surface area (Å²) in [6.07, 6.45) is -6.84. The highest BCUT2D eigenvalue weighted by molar-refractivity contribution is 5.56. The van der Waals surface area contributed by atoms with Crippen LogP contribution in [0.1, 0.15) is 0 Å². The molecule has 0 aromatic heterocycles. The van der Waals surface area contributed by atoms with Gasteiger partial charge in [-0.05, 0) is 0 Å². The molecule has 0 aliphatic heterocycles. The zero-order valence-electron chi connectivity index (χ0n) is 6.24.